The zero-order chi connectivity index (χ0) is 15.4. The molecule has 0 heterocycles. The maximum atomic E-state index is 11.7. The lowest BCUT2D eigenvalue weighted by Gasteiger charge is -2.28. The van der Waals surface area contributed by atoms with Crippen LogP contribution in [-0.2, 0) is 0 Å². The summed E-state index contributed by atoms with van der Waals surface area (Å²) < 4.78 is 0. The lowest BCUT2D eigenvalue weighted by Crippen LogP contribution is -2.21. The van der Waals surface area contributed by atoms with Gasteiger partial charge in [-0.25, -0.2) is 0 Å². The smallest absolute Gasteiger partial charge is 0.162 e. The SMILES string of the molecule is CCC(=O)c1ccc(N(C)C(C)c2ccccc2Cl)cc1. The largest absolute Gasteiger partial charge is 0.368 e. The molecule has 0 radical (unpaired) electrons. The summed E-state index contributed by atoms with van der Waals surface area (Å²) in [5.41, 5.74) is 2.92. The van der Waals surface area contributed by atoms with E-state index in [0.717, 1.165) is 21.8 Å². The summed E-state index contributed by atoms with van der Waals surface area (Å²) in [6.07, 6.45) is 0.533. The van der Waals surface area contributed by atoms with Gasteiger partial charge in [0.05, 0.1) is 6.04 Å². The molecule has 2 rings (SSSR count). The number of Topliss-reactive ketones (excluding diaryl/α,β-unsaturated/α-hetero) is 1. The molecule has 3 heteroatoms. The van der Waals surface area contributed by atoms with Crippen molar-refractivity contribution in [1.29, 1.82) is 0 Å². The summed E-state index contributed by atoms with van der Waals surface area (Å²) in [7, 11) is 2.03. The molecule has 0 bridgehead atoms. The fourth-order valence-electron chi connectivity index (χ4n) is 2.33. The summed E-state index contributed by atoms with van der Waals surface area (Å²) in [4.78, 5) is 13.8. The summed E-state index contributed by atoms with van der Waals surface area (Å²) in [6, 6.07) is 15.8. The predicted octanol–water partition coefficient (Wildman–Crippen LogP) is 5.13. The van der Waals surface area contributed by atoms with Gasteiger partial charge in [0.15, 0.2) is 5.78 Å². The van der Waals surface area contributed by atoms with E-state index < -0.39 is 0 Å². The van der Waals surface area contributed by atoms with E-state index in [9.17, 15) is 4.79 Å². The van der Waals surface area contributed by atoms with E-state index >= 15 is 0 Å². The van der Waals surface area contributed by atoms with Crippen LogP contribution in [0.3, 0.4) is 0 Å². The lowest BCUT2D eigenvalue weighted by molar-refractivity contribution is 0.0988. The monoisotopic (exact) mass is 301 g/mol. The van der Waals surface area contributed by atoms with E-state index in [1.165, 1.54) is 0 Å². The van der Waals surface area contributed by atoms with Gasteiger partial charge >= 0.3 is 0 Å². The number of carbonyl (C=O) groups excluding carboxylic acids is 1. The predicted molar refractivity (Wildman–Crippen MR) is 89.3 cm³/mol. The van der Waals surface area contributed by atoms with Crippen molar-refractivity contribution >= 4 is 23.1 Å². The van der Waals surface area contributed by atoms with Crippen LogP contribution in [-0.4, -0.2) is 12.8 Å². The lowest BCUT2D eigenvalue weighted by atomic mass is 10.1. The first-order chi connectivity index (χ1) is 10.0. The van der Waals surface area contributed by atoms with Gasteiger partial charge in [0.1, 0.15) is 0 Å². The molecule has 0 spiro atoms. The van der Waals surface area contributed by atoms with Crippen LogP contribution >= 0.6 is 11.6 Å². The van der Waals surface area contributed by atoms with Crippen molar-refractivity contribution in [2.24, 2.45) is 0 Å². The Labute approximate surface area is 131 Å². The molecule has 0 amide bonds. The van der Waals surface area contributed by atoms with Crippen LogP contribution in [0.5, 0.6) is 0 Å². The second kappa shape index (κ2) is 6.77. The number of hydrogen-bond acceptors (Lipinski definition) is 2. The average Bonchev–Trinajstić information content (AvgIpc) is 2.53. The fourth-order valence-corrected chi connectivity index (χ4v) is 2.63. The van der Waals surface area contributed by atoms with Crippen molar-refractivity contribution < 1.29 is 4.79 Å². The van der Waals surface area contributed by atoms with E-state index in [0.29, 0.717) is 6.42 Å². The van der Waals surface area contributed by atoms with Crippen molar-refractivity contribution in [2.75, 3.05) is 11.9 Å². The zero-order valence-corrected chi connectivity index (χ0v) is 13.4. The van der Waals surface area contributed by atoms with Crippen LogP contribution in [0, 0.1) is 0 Å². The third-order valence-electron chi connectivity index (χ3n) is 3.85. The Bertz CT molecular complexity index is 621. The molecular formula is C18H20ClNO. The van der Waals surface area contributed by atoms with Gasteiger partial charge in [-0.05, 0) is 42.8 Å². The summed E-state index contributed by atoms with van der Waals surface area (Å²) in [5.74, 6) is 0.170. The average molecular weight is 302 g/mol. The number of halogens is 1. The van der Waals surface area contributed by atoms with Crippen LogP contribution in [0.2, 0.25) is 5.02 Å². The molecule has 0 saturated carbocycles. The van der Waals surface area contributed by atoms with Gasteiger partial charge in [-0.1, -0.05) is 36.7 Å². The quantitative estimate of drug-likeness (QED) is 0.714. The van der Waals surface area contributed by atoms with Crippen molar-refractivity contribution in [3.05, 3.63) is 64.7 Å². The van der Waals surface area contributed by atoms with Gasteiger partial charge in [-0.15, -0.1) is 0 Å². The summed E-state index contributed by atoms with van der Waals surface area (Å²) >= 11 is 6.26. The number of ketones is 1. The molecule has 21 heavy (non-hydrogen) atoms. The first kappa shape index (κ1) is 15.6. The van der Waals surface area contributed by atoms with Gasteiger partial charge in [0, 0.05) is 29.7 Å². The number of benzene rings is 2. The van der Waals surface area contributed by atoms with Gasteiger partial charge in [0.25, 0.3) is 0 Å². The molecule has 2 nitrogen and oxygen atoms in total. The van der Waals surface area contributed by atoms with Crippen LogP contribution in [0.1, 0.15) is 42.2 Å². The van der Waals surface area contributed by atoms with Crippen LogP contribution in [0.25, 0.3) is 0 Å². The molecule has 2 aromatic carbocycles. The highest BCUT2D eigenvalue weighted by Crippen LogP contribution is 2.29. The molecule has 0 aliphatic heterocycles. The van der Waals surface area contributed by atoms with Gasteiger partial charge in [-0.3, -0.25) is 4.79 Å². The highest BCUT2D eigenvalue weighted by atomic mass is 35.5. The third kappa shape index (κ3) is 3.45. The second-order valence-electron chi connectivity index (χ2n) is 5.13. The first-order valence-corrected chi connectivity index (χ1v) is 7.53. The number of carbonyl (C=O) groups is 1. The van der Waals surface area contributed by atoms with E-state index in [1.54, 1.807) is 0 Å². The molecular weight excluding hydrogens is 282 g/mol. The van der Waals surface area contributed by atoms with E-state index in [-0.39, 0.29) is 11.8 Å². The Morgan fingerprint density at radius 1 is 1.14 bits per heavy atom. The molecule has 0 fully saturated rings. The fraction of sp³-hybridized carbons (Fsp3) is 0.278. The highest BCUT2D eigenvalue weighted by Gasteiger charge is 2.15. The van der Waals surface area contributed by atoms with E-state index in [1.807, 2.05) is 62.5 Å². The third-order valence-corrected chi connectivity index (χ3v) is 4.20. The highest BCUT2D eigenvalue weighted by molar-refractivity contribution is 6.31. The van der Waals surface area contributed by atoms with Gasteiger partial charge in [0.2, 0.25) is 0 Å². The van der Waals surface area contributed by atoms with E-state index in [2.05, 4.69) is 11.8 Å². The number of nitrogens with zero attached hydrogens (tertiary/aromatic N) is 1. The number of hydrogen-bond donors (Lipinski definition) is 0. The Morgan fingerprint density at radius 2 is 1.76 bits per heavy atom. The summed E-state index contributed by atoms with van der Waals surface area (Å²) in [5, 5.41) is 0.773. The topological polar surface area (TPSA) is 20.3 Å². The molecule has 0 aromatic heterocycles. The first-order valence-electron chi connectivity index (χ1n) is 7.15. The van der Waals surface area contributed by atoms with E-state index in [4.69, 9.17) is 11.6 Å². The zero-order valence-electron chi connectivity index (χ0n) is 12.6. The minimum absolute atomic E-state index is 0.159. The Morgan fingerprint density at radius 3 is 2.33 bits per heavy atom. The molecule has 1 atom stereocenters. The molecule has 0 N–H and O–H groups in total. The normalized spacial score (nSPS) is 12.0. The number of anilines is 1. The van der Waals surface area contributed by atoms with Crippen molar-refractivity contribution in [3.8, 4) is 0 Å². The van der Waals surface area contributed by atoms with Crippen molar-refractivity contribution in [3.63, 3.8) is 0 Å². The maximum absolute atomic E-state index is 11.7. The van der Waals surface area contributed by atoms with Crippen LogP contribution in [0.15, 0.2) is 48.5 Å². The number of rotatable bonds is 5. The van der Waals surface area contributed by atoms with Crippen molar-refractivity contribution in [2.45, 2.75) is 26.3 Å². The van der Waals surface area contributed by atoms with Crippen LogP contribution in [0.4, 0.5) is 5.69 Å². The Kier molecular flexibility index (Phi) is 5.03. The second-order valence-corrected chi connectivity index (χ2v) is 5.54. The van der Waals surface area contributed by atoms with Crippen LogP contribution < -0.4 is 4.90 Å². The molecule has 0 saturated heterocycles. The summed E-state index contributed by atoms with van der Waals surface area (Å²) in [6.45, 7) is 3.99. The van der Waals surface area contributed by atoms with Gasteiger partial charge < -0.3 is 4.90 Å². The Balaban J connectivity index is 2.22. The standard InChI is InChI=1S/C18H20ClNO/c1-4-18(21)14-9-11-15(12-10-14)20(3)13(2)16-7-5-6-8-17(16)19/h5-13H,4H2,1-3H3. The molecule has 2 aromatic rings. The molecule has 0 aliphatic rings. The maximum Gasteiger partial charge on any atom is 0.162 e. The minimum Gasteiger partial charge on any atom is -0.368 e. The minimum atomic E-state index is 0.159. The Hall–Kier alpha value is -1.80. The van der Waals surface area contributed by atoms with Crippen molar-refractivity contribution in [1.82, 2.24) is 0 Å². The molecule has 110 valence electrons. The van der Waals surface area contributed by atoms with Gasteiger partial charge in [-0.2, -0.15) is 0 Å². The molecule has 1 unspecified atom stereocenters. The molecule has 0 aliphatic carbocycles.